The van der Waals surface area contributed by atoms with Crippen LogP contribution >= 0.6 is 0 Å². The topological polar surface area (TPSA) is 52.3 Å². The second-order valence-corrected chi connectivity index (χ2v) is 4.54. The van der Waals surface area contributed by atoms with E-state index in [0.29, 0.717) is 0 Å². The molecule has 2 atom stereocenters. The Bertz CT molecular complexity index is 211. The third kappa shape index (κ3) is 2.08. The van der Waals surface area contributed by atoms with Crippen molar-refractivity contribution in [2.75, 3.05) is 0 Å². The highest BCUT2D eigenvalue weighted by molar-refractivity contribution is 5.73. The van der Waals surface area contributed by atoms with E-state index in [2.05, 4.69) is 0 Å². The maximum atomic E-state index is 11.7. The summed E-state index contributed by atoms with van der Waals surface area (Å²) in [5.41, 5.74) is 5.85. The molecule has 0 heterocycles. The van der Waals surface area contributed by atoms with E-state index in [9.17, 15) is 4.79 Å². The zero-order valence-electron chi connectivity index (χ0n) is 8.58. The number of rotatable bonds is 2. The molecule has 0 aromatic carbocycles. The van der Waals surface area contributed by atoms with Crippen molar-refractivity contribution in [3.05, 3.63) is 0 Å². The molecule has 0 saturated heterocycles. The van der Waals surface area contributed by atoms with Crippen LogP contribution in [0.15, 0.2) is 0 Å². The maximum Gasteiger partial charge on any atom is 0.310 e. The summed E-state index contributed by atoms with van der Waals surface area (Å²) >= 11 is 0. The molecule has 2 N–H and O–H groups in total. The van der Waals surface area contributed by atoms with Gasteiger partial charge in [0.25, 0.3) is 0 Å². The number of esters is 1. The molecule has 3 nitrogen and oxygen atoms in total. The van der Waals surface area contributed by atoms with Crippen molar-refractivity contribution < 1.29 is 9.53 Å². The smallest absolute Gasteiger partial charge is 0.310 e. The molecule has 2 fully saturated rings. The number of carbonyl (C=O) groups is 1. The van der Waals surface area contributed by atoms with Crippen molar-refractivity contribution in [1.29, 1.82) is 0 Å². The molecule has 0 aromatic rings. The van der Waals surface area contributed by atoms with Gasteiger partial charge in [-0.25, -0.2) is 0 Å². The van der Waals surface area contributed by atoms with Crippen LogP contribution in [0.5, 0.6) is 0 Å². The van der Waals surface area contributed by atoms with Gasteiger partial charge in [-0.15, -0.1) is 0 Å². The lowest BCUT2D eigenvalue weighted by Crippen LogP contribution is -2.33. The van der Waals surface area contributed by atoms with Gasteiger partial charge in [0.1, 0.15) is 6.10 Å². The summed E-state index contributed by atoms with van der Waals surface area (Å²) in [4.78, 5) is 11.7. The molecule has 80 valence electrons. The first-order valence-corrected chi connectivity index (χ1v) is 5.73. The highest BCUT2D eigenvalue weighted by Gasteiger charge is 2.33. The fraction of sp³-hybridized carbons (Fsp3) is 0.909. The average Bonchev–Trinajstić information content (AvgIpc) is 2.75. The van der Waals surface area contributed by atoms with E-state index in [1.54, 1.807) is 0 Å². The molecule has 3 heteroatoms. The Kier molecular flexibility index (Phi) is 3.06. The lowest BCUT2D eigenvalue weighted by Gasteiger charge is -2.17. The van der Waals surface area contributed by atoms with Crippen molar-refractivity contribution in [2.24, 2.45) is 11.7 Å². The van der Waals surface area contributed by atoms with Crippen LogP contribution in [0.1, 0.15) is 44.9 Å². The summed E-state index contributed by atoms with van der Waals surface area (Å²) in [5, 5.41) is 0. The molecule has 14 heavy (non-hydrogen) atoms. The van der Waals surface area contributed by atoms with E-state index in [4.69, 9.17) is 10.5 Å². The highest BCUT2D eigenvalue weighted by atomic mass is 16.5. The Morgan fingerprint density at radius 2 is 1.79 bits per heavy atom. The number of hydrogen-bond donors (Lipinski definition) is 1. The molecule has 0 amide bonds. The van der Waals surface area contributed by atoms with Gasteiger partial charge in [0.15, 0.2) is 0 Å². The zero-order valence-corrected chi connectivity index (χ0v) is 8.58. The van der Waals surface area contributed by atoms with Gasteiger partial charge in [-0.3, -0.25) is 4.79 Å². The van der Waals surface area contributed by atoms with Crippen LogP contribution in [0.3, 0.4) is 0 Å². The molecule has 2 aliphatic rings. The summed E-state index contributed by atoms with van der Waals surface area (Å²) < 4.78 is 5.45. The molecule has 0 unspecified atom stereocenters. The fourth-order valence-corrected chi connectivity index (χ4v) is 2.54. The van der Waals surface area contributed by atoms with Gasteiger partial charge in [-0.2, -0.15) is 0 Å². The molecule has 2 saturated carbocycles. The van der Waals surface area contributed by atoms with E-state index < -0.39 is 0 Å². The summed E-state index contributed by atoms with van der Waals surface area (Å²) in [6, 6.07) is 0.0453. The molecular formula is C11H19NO2. The number of nitrogens with two attached hydrogens (primary N) is 1. The molecule has 0 spiro atoms. The van der Waals surface area contributed by atoms with Crippen molar-refractivity contribution in [3.8, 4) is 0 Å². The van der Waals surface area contributed by atoms with Crippen LogP contribution in [-0.4, -0.2) is 18.1 Å². The molecular weight excluding hydrogens is 178 g/mol. The van der Waals surface area contributed by atoms with Gasteiger partial charge in [-0.05, 0) is 38.5 Å². The molecule has 0 aliphatic heterocycles. The third-order valence-electron chi connectivity index (χ3n) is 3.46. The first kappa shape index (κ1) is 9.97. The van der Waals surface area contributed by atoms with E-state index in [-0.39, 0.29) is 24.0 Å². The number of hydrogen-bond acceptors (Lipinski definition) is 3. The van der Waals surface area contributed by atoms with E-state index in [0.717, 1.165) is 32.1 Å². The minimum absolute atomic E-state index is 0.0180. The molecule has 0 aromatic heterocycles. The van der Waals surface area contributed by atoms with Crippen LogP contribution in [0.2, 0.25) is 0 Å². The fourth-order valence-electron chi connectivity index (χ4n) is 2.54. The van der Waals surface area contributed by atoms with E-state index in [1.165, 1.54) is 12.8 Å². The Balaban J connectivity index is 1.82. The van der Waals surface area contributed by atoms with Crippen molar-refractivity contribution in [3.63, 3.8) is 0 Å². The second-order valence-electron chi connectivity index (χ2n) is 4.54. The summed E-state index contributed by atoms with van der Waals surface area (Å²) in [7, 11) is 0. The lowest BCUT2D eigenvalue weighted by atomic mass is 10.1. The monoisotopic (exact) mass is 197 g/mol. The maximum absolute atomic E-state index is 11.7. The first-order chi connectivity index (χ1) is 6.77. The second kappa shape index (κ2) is 4.30. The van der Waals surface area contributed by atoms with Crippen LogP contribution in [-0.2, 0) is 9.53 Å². The van der Waals surface area contributed by atoms with Crippen molar-refractivity contribution >= 4 is 5.97 Å². The highest BCUT2D eigenvalue weighted by Crippen LogP contribution is 2.28. The summed E-state index contributed by atoms with van der Waals surface area (Å²) in [6.07, 6.45) is 7.67. The molecule has 2 aliphatic carbocycles. The SMILES string of the molecule is N[C@@H]1CCC[C@@H]1C(=O)OC1CCCC1. The summed E-state index contributed by atoms with van der Waals surface area (Å²) in [5.74, 6) is -0.0579. The Hall–Kier alpha value is -0.570. The lowest BCUT2D eigenvalue weighted by molar-refractivity contribution is -0.153. The van der Waals surface area contributed by atoms with Crippen LogP contribution in [0.25, 0.3) is 0 Å². The number of ether oxygens (including phenoxy) is 1. The minimum atomic E-state index is -0.0399. The largest absolute Gasteiger partial charge is 0.462 e. The Labute approximate surface area is 85.0 Å². The predicted molar refractivity (Wildman–Crippen MR) is 53.7 cm³/mol. The van der Waals surface area contributed by atoms with Gasteiger partial charge in [0, 0.05) is 6.04 Å². The average molecular weight is 197 g/mol. The van der Waals surface area contributed by atoms with Crippen LogP contribution < -0.4 is 5.73 Å². The standard InChI is InChI=1S/C11H19NO2/c12-10-7-3-6-9(10)11(13)14-8-4-1-2-5-8/h8-10H,1-7,12H2/t9-,10+/m0/s1. The van der Waals surface area contributed by atoms with Gasteiger partial charge >= 0.3 is 5.97 Å². The molecule has 2 rings (SSSR count). The Morgan fingerprint density at radius 3 is 2.36 bits per heavy atom. The van der Waals surface area contributed by atoms with Gasteiger partial charge < -0.3 is 10.5 Å². The van der Waals surface area contributed by atoms with E-state index in [1.807, 2.05) is 0 Å². The van der Waals surface area contributed by atoms with Crippen LogP contribution in [0, 0.1) is 5.92 Å². The molecule has 0 bridgehead atoms. The van der Waals surface area contributed by atoms with Crippen LogP contribution in [0.4, 0.5) is 0 Å². The van der Waals surface area contributed by atoms with Gasteiger partial charge in [0.05, 0.1) is 5.92 Å². The summed E-state index contributed by atoms with van der Waals surface area (Å²) in [6.45, 7) is 0. The van der Waals surface area contributed by atoms with Crippen molar-refractivity contribution in [2.45, 2.75) is 57.1 Å². The zero-order chi connectivity index (χ0) is 9.97. The van der Waals surface area contributed by atoms with Gasteiger partial charge in [-0.1, -0.05) is 6.42 Å². The third-order valence-corrected chi connectivity index (χ3v) is 3.46. The van der Waals surface area contributed by atoms with E-state index >= 15 is 0 Å². The normalized spacial score (nSPS) is 33.5. The quantitative estimate of drug-likeness (QED) is 0.684. The van der Waals surface area contributed by atoms with Crippen molar-refractivity contribution in [1.82, 2.24) is 0 Å². The molecule has 0 radical (unpaired) electrons. The minimum Gasteiger partial charge on any atom is -0.462 e. The predicted octanol–water partition coefficient (Wildman–Crippen LogP) is 1.60. The number of carbonyl (C=O) groups excluding carboxylic acids is 1. The first-order valence-electron chi connectivity index (χ1n) is 5.73. The Morgan fingerprint density at radius 1 is 1.07 bits per heavy atom. The van der Waals surface area contributed by atoms with Gasteiger partial charge in [0.2, 0.25) is 0 Å².